The molecule has 0 atom stereocenters. The van der Waals surface area contributed by atoms with Gasteiger partial charge in [0.15, 0.2) is 0 Å². The van der Waals surface area contributed by atoms with Crippen LogP contribution in [0.4, 0.5) is 0 Å². The molecular weight excluding hydrogens is 292 g/mol. The van der Waals surface area contributed by atoms with Crippen molar-refractivity contribution in [3.05, 3.63) is 53.9 Å². The van der Waals surface area contributed by atoms with E-state index in [0.29, 0.717) is 11.1 Å². The third-order valence-electron chi connectivity index (χ3n) is 4.14. The second-order valence-electron chi connectivity index (χ2n) is 5.66. The van der Waals surface area contributed by atoms with E-state index in [1.54, 1.807) is 24.3 Å². The molecule has 1 aliphatic heterocycles. The topological polar surface area (TPSA) is 70.5 Å². The fourth-order valence-corrected chi connectivity index (χ4v) is 2.88. The van der Waals surface area contributed by atoms with Crippen LogP contribution in [-0.2, 0) is 0 Å². The van der Waals surface area contributed by atoms with Crippen LogP contribution < -0.4 is 0 Å². The number of hydrogen-bond acceptors (Lipinski definition) is 3. The molecule has 2 heterocycles. The zero-order valence-corrected chi connectivity index (χ0v) is 12.7. The van der Waals surface area contributed by atoms with Gasteiger partial charge in [-0.05, 0) is 43.0 Å². The van der Waals surface area contributed by atoms with E-state index in [0.717, 1.165) is 31.5 Å². The van der Waals surface area contributed by atoms with Crippen LogP contribution in [0.25, 0.3) is 11.1 Å². The Morgan fingerprint density at radius 1 is 1.00 bits per heavy atom. The number of likely N-dealkylation sites (tertiary alicyclic amines) is 1. The molecule has 1 aliphatic rings. The van der Waals surface area contributed by atoms with Gasteiger partial charge in [0.2, 0.25) is 0 Å². The van der Waals surface area contributed by atoms with Crippen molar-refractivity contribution in [1.82, 2.24) is 9.88 Å². The van der Waals surface area contributed by atoms with E-state index in [2.05, 4.69) is 4.98 Å². The van der Waals surface area contributed by atoms with Gasteiger partial charge in [0.05, 0.1) is 5.56 Å². The van der Waals surface area contributed by atoms with Crippen molar-refractivity contribution in [1.29, 1.82) is 0 Å². The Morgan fingerprint density at radius 3 is 2.35 bits per heavy atom. The number of rotatable bonds is 3. The molecule has 1 fully saturated rings. The van der Waals surface area contributed by atoms with Gasteiger partial charge >= 0.3 is 5.97 Å². The second-order valence-corrected chi connectivity index (χ2v) is 5.66. The minimum Gasteiger partial charge on any atom is -0.478 e. The number of aromatic nitrogens is 1. The number of hydrogen-bond donors (Lipinski definition) is 1. The Morgan fingerprint density at radius 2 is 1.70 bits per heavy atom. The van der Waals surface area contributed by atoms with Crippen LogP contribution in [0, 0.1) is 0 Å². The zero-order chi connectivity index (χ0) is 16.2. The molecule has 1 amide bonds. The summed E-state index contributed by atoms with van der Waals surface area (Å²) in [6.45, 7) is 1.62. The largest absolute Gasteiger partial charge is 0.478 e. The van der Waals surface area contributed by atoms with Crippen LogP contribution in [0.2, 0.25) is 0 Å². The minimum absolute atomic E-state index is 0.0425. The van der Waals surface area contributed by atoms with Gasteiger partial charge in [0, 0.05) is 36.6 Å². The number of piperidine rings is 1. The first kappa shape index (κ1) is 15.2. The molecule has 3 rings (SSSR count). The molecule has 118 valence electrons. The fourth-order valence-electron chi connectivity index (χ4n) is 2.88. The van der Waals surface area contributed by atoms with Gasteiger partial charge in [0.25, 0.3) is 5.91 Å². The first-order valence-corrected chi connectivity index (χ1v) is 7.74. The van der Waals surface area contributed by atoms with Crippen LogP contribution in [0.3, 0.4) is 0 Å². The van der Waals surface area contributed by atoms with Crippen LogP contribution in [0.5, 0.6) is 0 Å². The lowest BCUT2D eigenvalue weighted by atomic mass is 10.0. The maximum Gasteiger partial charge on any atom is 0.336 e. The van der Waals surface area contributed by atoms with Crippen molar-refractivity contribution in [2.45, 2.75) is 19.3 Å². The average Bonchev–Trinajstić information content (AvgIpc) is 2.62. The number of carbonyl (C=O) groups is 2. The van der Waals surface area contributed by atoms with Crippen molar-refractivity contribution in [2.75, 3.05) is 13.1 Å². The van der Waals surface area contributed by atoms with E-state index in [9.17, 15) is 14.7 Å². The van der Waals surface area contributed by atoms with E-state index >= 15 is 0 Å². The molecule has 0 saturated carbocycles. The molecule has 0 spiro atoms. The van der Waals surface area contributed by atoms with E-state index < -0.39 is 5.97 Å². The molecule has 1 saturated heterocycles. The minimum atomic E-state index is -0.990. The van der Waals surface area contributed by atoms with Crippen molar-refractivity contribution in [3.63, 3.8) is 0 Å². The van der Waals surface area contributed by atoms with Gasteiger partial charge < -0.3 is 10.0 Å². The Kier molecular flexibility index (Phi) is 4.37. The first-order valence-electron chi connectivity index (χ1n) is 7.74. The van der Waals surface area contributed by atoms with Gasteiger partial charge in [-0.2, -0.15) is 0 Å². The second kappa shape index (κ2) is 6.60. The standard InChI is InChI=1S/C18H18N2O3/c21-17(20-10-2-1-3-11-20)14-6-4-13(5-7-14)16-12-19-9-8-15(16)18(22)23/h4-9,12H,1-3,10-11H2,(H,22,23). The normalized spacial score (nSPS) is 14.5. The number of aromatic carboxylic acids is 1. The van der Waals surface area contributed by atoms with Crippen LogP contribution >= 0.6 is 0 Å². The smallest absolute Gasteiger partial charge is 0.336 e. The summed E-state index contributed by atoms with van der Waals surface area (Å²) in [5, 5.41) is 9.25. The quantitative estimate of drug-likeness (QED) is 0.946. The van der Waals surface area contributed by atoms with Crippen LogP contribution in [-0.4, -0.2) is 40.0 Å². The number of benzene rings is 1. The van der Waals surface area contributed by atoms with Gasteiger partial charge in [-0.25, -0.2) is 4.79 Å². The summed E-state index contributed by atoms with van der Waals surface area (Å²) in [5.74, 6) is -0.947. The first-order chi connectivity index (χ1) is 11.2. The summed E-state index contributed by atoms with van der Waals surface area (Å²) in [6, 6.07) is 8.54. The van der Waals surface area contributed by atoms with E-state index in [1.807, 2.05) is 4.90 Å². The lowest BCUT2D eigenvalue weighted by Crippen LogP contribution is -2.35. The fraction of sp³-hybridized carbons (Fsp3) is 0.278. The molecule has 0 aliphatic carbocycles. The van der Waals surface area contributed by atoms with E-state index in [-0.39, 0.29) is 11.5 Å². The molecule has 1 aromatic heterocycles. The van der Waals surface area contributed by atoms with Gasteiger partial charge in [-0.3, -0.25) is 9.78 Å². The highest BCUT2D eigenvalue weighted by atomic mass is 16.4. The Bertz CT molecular complexity index is 719. The van der Waals surface area contributed by atoms with Crippen LogP contribution in [0.1, 0.15) is 40.0 Å². The summed E-state index contributed by atoms with van der Waals surface area (Å²) in [4.78, 5) is 29.6. The average molecular weight is 310 g/mol. The third-order valence-corrected chi connectivity index (χ3v) is 4.14. The summed E-state index contributed by atoms with van der Waals surface area (Å²) < 4.78 is 0. The molecular formula is C18H18N2O3. The summed E-state index contributed by atoms with van der Waals surface area (Å²) in [7, 11) is 0. The molecule has 5 nitrogen and oxygen atoms in total. The molecule has 1 aromatic carbocycles. The number of carboxylic acids is 1. The summed E-state index contributed by atoms with van der Waals surface area (Å²) in [6.07, 6.45) is 6.29. The molecule has 0 radical (unpaired) electrons. The maximum absolute atomic E-state index is 12.4. The van der Waals surface area contributed by atoms with Gasteiger partial charge in [0.1, 0.15) is 0 Å². The van der Waals surface area contributed by atoms with Gasteiger partial charge in [-0.1, -0.05) is 12.1 Å². The molecule has 23 heavy (non-hydrogen) atoms. The van der Waals surface area contributed by atoms with Crippen molar-refractivity contribution < 1.29 is 14.7 Å². The summed E-state index contributed by atoms with van der Waals surface area (Å²) in [5.41, 5.74) is 2.13. The third kappa shape index (κ3) is 3.23. The van der Waals surface area contributed by atoms with E-state index in [1.165, 1.54) is 24.9 Å². The Labute approximate surface area is 134 Å². The highest BCUT2D eigenvalue weighted by molar-refractivity contribution is 5.97. The van der Waals surface area contributed by atoms with Crippen molar-refractivity contribution in [2.24, 2.45) is 0 Å². The zero-order valence-electron chi connectivity index (χ0n) is 12.7. The lowest BCUT2D eigenvalue weighted by Gasteiger charge is -2.26. The van der Waals surface area contributed by atoms with Gasteiger partial charge in [-0.15, -0.1) is 0 Å². The number of carbonyl (C=O) groups excluding carboxylic acids is 1. The molecule has 5 heteroatoms. The number of pyridine rings is 1. The monoisotopic (exact) mass is 310 g/mol. The maximum atomic E-state index is 12.4. The highest BCUT2D eigenvalue weighted by Gasteiger charge is 2.18. The number of amides is 1. The lowest BCUT2D eigenvalue weighted by molar-refractivity contribution is 0.0694. The molecule has 2 aromatic rings. The number of carboxylic acid groups (broad SMARTS) is 1. The Balaban J connectivity index is 1.85. The number of nitrogens with zero attached hydrogens (tertiary/aromatic N) is 2. The van der Waals surface area contributed by atoms with E-state index in [4.69, 9.17) is 0 Å². The highest BCUT2D eigenvalue weighted by Crippen LogP contribution is 2.24. The Hall–Kier alpha value is -2.69. The molecule has 0 unspecified atom stereocenters. The van der Waals surface area contributed by atoms with Crippen LogP contribution in [0.15, 0.2) is 42.7 Å². The van der Waals surface area contributed by atoms with Crippen molar-refractivity contribution >= 4 is 11.9 Å². The SMILES string of the molecule is O=C(O)c1ccncc1-c1ccc(C(=O)N2CCCCC2)cc1. The predicted molar refractivity (Wildman–Crippen MR) is 86.4 cm³/mol. The molecule has 0 bridgehead atoms. The summed E-state index contributed by atoms with van der Waals surface area (Å²) >= 11 is 0. The van der Waals surface area contributed by atoms with Crippen molar-refractivity contribution in [3.8, 4) is 11.1 Å². The molecule has 1 N–H and O–H groups in total. The predicted octanol–water partition coefficient (Wildman–Crippen LogP) is 3.07.